The highest BCUT2D eigenvalue weighted by molar-refractivity contribution is 8.15. The molecular formula is C29H23N3O2S. The summed E-state index contributed by atoms with van der Waals surface area (Å²) >= 11 is 1.51. The van der Waals surface area contributed by atoms with Gasteiger partial charge < -0.3 is 4.74 Å². The van der Waals surface area contributed by atoms with Crippen LogP contribution in [0.3, 0.4) is 0 Å². The van der Waals surface area contributed by atoms with Gasteiger partial charge in [0.1, 0.15) is 5.75 Å². The van der Waals surface area contributed by atoms with Crippen LogP contribution in [0.25, 0.3) is 0 Å². The Morgan fingerprint density at radius 3 is 2.03 bits per heavy atom. The van der Waals surface area contributed by atoms with Crippen molar-refractivity contribution in [1.29, 1.82) is 0 Å². The first-order chi connectivity index (χ1) is 17.2. The number of carbonyl (C=O) groups is 1. The zero-order valence-electron chi connectivity index (χ0n) is 19.2. The van der Waals surface area contributed by atoms with Gasteiger partial charge >= 0.3 is 0 Å². The first kappa shape index (κ1) is 21.5. The summed E-state index contributed by atoms with van der Waals surface area (Å²) in [4.78, 5) is 17.6. The number of benzene rings is 4. The number of hydrogen-bond donors (Lipinski definition) is 0. The molecule has 0 aromatic heterocycles. The lowest BCUT2D eigenvalue weighted by Gasteiger charge is -2.46. The van der Waals surface area contributed by atoms with E-state index in [0.717, 1.165) is 33.1 Å². The average molecular weight is 478 g/mol. The third kappa shape index (κ3) is 3.33. The van der Waals surface area contributed by atoms with Crippen LogP contribution < -0.4 is 14.6 Å². The van der Waals surface area contributed by atoms with Crippen LogP contribution in [0, 0.1) is 0 Å². The van der Waals surface area contributed by atoms with Crippen molar-refractivity contribution in [3.05, 3.63) is 120 Å². The molecule has 0 aliphatic carbocycles. The molecule has 4 aromatic rings. The van der Waals surface area contributed by atoms with Crippen LogP contribution in [-0.4, -0.2) is 17.7 Å². The molecule has 0 saturated carbocycles. The van der Waals surface area contributed by atoms with Crippen LogP contribution in [-0.2, 0) is 10.3 Å². The van der Waals surface area contributed by atoms with Gasteiger partial charge in [-0.3, -0.25) is 9.69 Å². The van der Waals surface area contributed by atoms with Crippen molar-refractivity contribution in [2.24, 2.45) is 5.10 Å². The summed E-state index contributed by atoms with van der Waals surface area (Å²) in [5.41, 5.74) is 2.17. The van der Waals surface area contributed by atoms with Gasteiger partial charge in [-0.25, -0.2) is 5.01 Å². The van der Waals surface area contributed by atoms with Crippen molar-refractivity contribution in [1.82, 2.24) is 0 Å². The maximum absolute atomic E-state index is 14.8. The van der Waals surface area contributed by atoms with E-state index in [4.69, 9.17) is 9.84 Å². The largest absolute Gasteiger partial charge is 0.494 e. The molecule has 0 atom stereocenters. The van der Waals surface area contributed by atoms with Crippen molar-refractivity contribution in [2.45, 2.75) is 17.4 Å². The summed E-state index contributed by atoms with van der Waals surface area (Å²) in [5, 5.41) is 7.66. The fourth-order valence-electron chi connectivity index (χ4n) is 4.77. The monoisotopic (exact) mass is 477 g/mol. The molecule has 1 amide bonds. The fourth-order valence-corrected chi connectivity index (χ4v) is 5.77. The zero-order valence-corrected chi connectivity index (χ0v) is 20.0. The van der Waals surface area contributed by atoms with Crippen molar-refractivity contribution < 1.29 is 9.53 Å². The van der Waals surface area contributed by atoms with Crippen LogP contribution in [0.5, 0.6) is 5.75 Å². The van der Waals surface area contributed by atoms with Gasteiger partial charge in [-0.1, -0.05) is 72.8 Å². The number of amidine groups is 1. The van der Waals surface area contributed by atoms with E-state index in [1.807, 2.05) is 121 Å². The molecule has 35 heavy (non-hydrogen) atoms. The molecule has 0 radical (unpaired) electrons. The SMILES string of the molecule is CCOc1ccc(N2N=C3Sc4ccccc4N3C(=O)C2(c2ccccc2)c2ccccc2)cc1. The Bertz CT molecular complexity index is 1370. The first-order valence-corrected chi connectivity index (χ1v) is 12.4. The molecule has 4 aromatic carbocycles. The van der Waals surface area contributed by atoms with E-state index < -0.39 is 5.54 Å². The number of carbonyl (C=O) groups excluding carboxylic acids is 1. The van der Waals surface area contributed by atoms with Crippen LogP contribution in [0.4, 0.5) is 11.4 Å². The Labute approximate surface area is 208 Å². The third-order valence-electron chi connectivity index (χ3n) is 6.29. The molecule has 0 saturated heterocycles. The molecular weight excluding hydrogens is 454 g/mol. The molecule has 0 spiro atoms. The Hall–Kier alpha value is -4.03. The quantitative estimate of drug-likeness (QED) is 0.340. The van der Waals surface area contributed by atoms with E-state index in [2.05, 4.69) is 0 Å². The molecule has 172 valence electrons. The van der Waals surface area contributed by atoms with Crippen LogP contribution >= 0.6 is 11.8 Å². The highest BCUT2D eigenvalue weighted by Crippen LogP contribution is 2.50. The van der Waals surface area contributed by atoms with Crippen molar-refractivity contribution >= 4 is 34.2 Å². The molecule has 0 N–H and O–H groups in total. The fraction of sp³-hybridized carbons (Fsp3) is 0.103. The summed E-state index contributed by atoms with van der Waals surface area (Å²) in [6.45, 7) is 2.55. The van der Waals surface area contributed by atoms with Crippen molar-refractivity contribution in [2.75, 3.05) is 16.5 Å². The van der Waals surface area contributed by atoms with E-state index in [1.54, 1.807) is 4.90 Å². The molecule has 2 aliphatic heterocycles. The smallest absolute Gasteiger partial charge is 0.270 e. The topological polar surface area (TPSA) is 45.1 Å². The third-order valence-corrected chi connectivity index (χ3v) is 7.30. The Balaban J connectivity index is 1.64. The maximum atomic E-state index is 14.8. The van der Waals surface area contributed by atoms with Gasteiger partial charge in [0.15, 0.2) is 10.7 Å². The molecule has 5 nitrogen and oxygen atoms in total. The number of hydrazone groups is 1. The van der Waals surface area contributed by atoms with E-state index in [-0.39, 0.29) is 5.91 Å². The summed E-state index contributed by atoms with van der Waals surface area (Å²) in [5.74, 6) is 0.716. The Morgan fingerprint density at radius 2 is 1.40 bits per heavy atom. The number of ether oxygens (including phenoxy) is 1. The minimum Gasteiger partial charge on any atom is -0.494 e. The number of nitrogens with zero attached hydrogens (tertiary/aromatic N) is 3. The van der Waals surface area contributed by atoms with Crippen LogP contribution in [0.15, 0.2) is 119 Å². The normalized spacial score (nSPS) is 15.9. The van der Waals surface area contributed by atoms with E-state index in [0.29, 0.717) is 11.8 Å². The lowest BCUT2D eigenvalue weighted by molar-refractivity contribution is -0.122. The highest BCUT2D eigenvalue weighted by atomic mass is 32.2. The van der Waals surface area contributed by atoms with Gasteiger partial charge in [0, 0.05) is 4.90 Å². The van der Waals surface area contributed by atoms with Gasteiger partial charge in [-0.2, -0.15) is 0 Å². The first-order valence-electron chi connectivity index (χ1n) is 11.6. The zero-order chi connectivity index (χ0) is 23.8. The van der Waals surface area contributed by atoms with E-state index in [1.165, 1.54) is 11.8 Å². The van der Waals surface area contributed by atoms with Gasteiger partial charge in [0.05, 0.1) is 18.0 Å². The number of para-hydroxylation sites is 1. The van der Waals surface area contributed by atoms with Crippen molar-refractivity contribution in [3.8, 4) is 5.75 Å². The van der Waals surface area contributed by atoms with Gasteiger partial charge in [0.2, 0.25) is 0 Å². The van der Waals surface area contributed by atoms with Crippen molar-refractivity contribution in [3.63, 3.8) is 0 Å². The minimum atomic E-state index is -1.20. The highest BCUT2D eigenvalue weighted by Gasteiger charge is 2.56. The number of fused-ring (bicyclic) bond motifs is 3. The standard InChI is InChI=1S/C29H23N3O2S/c1-2-34-24-19-17-23(18-20-24)32-29(21-11-5-3-6-12-21,22-13-7-4-8-14-22)27(33)31-25-15-9-10-16-26(25)35-28(31)30-32/h3-20H,2H2,1H3. The molecule has 0 bridgehead atoms. The number of anilines is 2. The lowest BCUT2D eigenvalue weighted by Crippen LogP contribution is -2.61. The summed E-state index contributed by atoms with van der Waals surface area (Å²) in [6, 6.07) is 35.5. The van der Waals surface area contributed by atoms with Gasteiger partial charge in [-0.05, 0) is 66.2 Å². The predicted molar refractivity (Wildman–Crippen MR) is 141 cm³/mol. The number of amides is 1. The second kappa shape index (κ2) is 8.64. The number of rotatable bonds is 5. The molecule has 6 heteroatoms. The van der Waals surface area contributed by atoms with Crippen LogP contribution in [0.2, 0.25) is 0 Å². The second-order valence-electron chi connectivity index (χ2n) is 8.27. The molecule has 6 rings (SSSR count). The Morgan fingerprint density at radius 1 is 0.800 bits per heavy atom. The second-order valence-corrected chi connectivity index (χ2v) is 9.28. The predicted octanol–water partition coefficient (Wildman–Crippen LogP) is 6.26. The molecule has 0 unspecified atom stereocenters. The molecule has 0 fully saturated rings. The molecule has 2 heterocycles. The van der Waals surface area contributed by atoms with Gasteiger partial charge in [-0.15, -0.1) is 5.10 Å². The maximum Gasteiger partial charge on any atom is 0.270 e. The van der Waals surface area contributed by atoms with Crippen LogP contribution in [0.1, 0.15) is 18.1 Å². The lowest BCUT2D eigenvalue weighted by atomic mass is 9.79. The van der Waals surface area contributed by atoms with Gasteiger partial charge in [0.25, 0.3) is 5.91 Å². The van der Waals surface area contributed by atoms with E-state index >= 15 is 0 Å². The average Bonchev–Trinajstić information content (AvgIpc) is 3.29. The number of hydrogen-bond acceptors (Lipinski definition) is 5. The Kier molecular flexibility index (Phi) is 5.30. The summed E-state index contributed by atoms with van der Waals surface area (Å²) in [7, 11) is 0. The number of thioether (sulfide) groups is 1. The summed E-state index contributed by atoms with van der Waals surface area (Å²) < 4.78 is 5.67. The van der Waals surface area contributed by atoms with E-state index in [9.17, 15) is 4.79 Å². The minimum absolute atomic E-state index is 0.0637. The summed E-state index contributed by atoms with van der Waals surface area (Å²) in [6.07, 6.45) is 0. The molecule has 2 aliphatic rings.